The van der Waals surface area contributed by atoms with E-state index in [2.05, 4.69) is 10.6 Å². The molecule has 18 heavy (non-hydrogen) atoms. The molecule has 0 atom stereocenters. The zero-order valence-electron chi connectivity index (χ0n) is 10.7. The lowest BCUT2D eigenvalue weighted by Crippen LogP contribution is -2.20. The molecule has 5 heteroatoms. The van der Waals surface area contributed by atoms with Gasteiger partial charge in [-0.05, 0) is 25.1 Å². The number of ether oxygens (including phenoxy) is 1. The number of carbonyl (C=O) groups excluding carboxylic acids is 2. The van der Waals surface area contributed by atoms with E-state index in [4.69, 9.17) is 4.74 Å². The number of benzene rings is 1. The van der Waals surface area contributed by atoms with Crippen molar-refractivity contribution in [2.75, 3.05) is 23.8 Å². The average molecular weight is 250 g/mol. The molecule has 1 rings (SSSR count). The topological polar surface area (TPSA) is 67.4 Å². The third-order valence-electron chi connectivity index (χ3n) is 2.18. The van der Waals surface area contributed by atoms with Crippen molar-refractivity contribution in [1.82, 2.24) is 0 Å². The van der Waals surface area contributed by atoms with Crippen LogP contribution in [0, 0.1) is 0 Å². The molecule has 0 aliphatic rings. The number of esters is 1. The Morgan fingerprint density at radius 2 is 1.94 bits per heavy atom. The Kier molecular flexibility index (Phi) is 5.70. The van der Waals surface area contributed by atoms with Crippen molar-refractivity contribution < 1.29 is 14.3 Å². The van der Waals surface area contributed by atoms with Gasteiger partial charge >= 0.3 is 5.97 Å². The predicted molar refractivity (Wildman–Crippen MR) is 70.5 cm³/mol. The van der Waals surface area contributed by atoms with E-state index in [0.29, 0.717) is 5.69 Å². The van der Waals surface area contributed by atoms with Crippen molar-refractivity contribution in [3.63, 3.8) is 0 Å². The van der Waals surface area contributed by atoms with Crippen LogP contribution in [0.25, 0.3) is 0 Å². The van der Waals surface area contributed by atoms with Gasteiger partial charge in [-0.25, -0.2) is 0 Å². The Morgan fingerprint density at radius 1 is 1.22 bits per heavy atom. The quantitative estimate of drug-likeness (QED) is 0.758. The summed E-state index contributed by atoms with van der Waals surface area (Å²) in [7, 11) is 0. The first-order valence-corrected chi connectivity index (χ1v) is 5.95. The molecule has 0 spiro atoms. The van der Waals surface area contributed by atoms with Crippen LogP contribution in [0.15, 0.2) is 24.3 Å². The summed E-state index contributed by atoms with van der Waals surface area (Å²) in [4.78, 5) is 22.4. The van der Waals surface area contributed by atoms with Crippen molar-refractivity contribution >= 4 is 23.3 Å². The number of carbonyl (C=O) groups is 2. The number of hydrogen-bond acceptors (Lipinski definition) is 4. The van der Waals surface area contributed by atoms with E-state index in [1.165, 1.54) is 0 Å². The van der Waals surface area contributed by atoms with Gasteiger partial charge in [0.15, 0.2) is 6.61 Å². The van der Waals surface area contributed by atoms with Crippen LogP contribution in [-0.2, 0) is 14.3 Å². The molecule has 0 saturated heterocycles. The molecule has 1 aromatic rings. The molecule has 0 saturated carbocycles. The van der Waals surface area contributed by atoms with Gasteiger partial charge in [-0.1, -0.05) is 13.0 Å². The first-order valence-electron chi connectivity index (χ1n) is 5.95. The largest absolute Gasteiger partial charge is 0.456 e. The monoisotopic (exact) mass is 250 g/mol. The third-order valence-corrected chi connectivity index (χ3v) is 2.18. The van der Waals surface area contributed by atoms with E-state index in [0.717, 1.165) is 12.2 Å². The molecule has 0 aliphatic heterocycles. The zero-order chi connectivity index (χ0) is 13.4. The molecule has 5 nitrogen and oxygen atoms in total. The highest BCUT2D eigenvalue weighted by atomic mass is 16.5. The van der Waals surface area contributed by atoms with Crippen LogP contribution < -0.4 is 10.6 Å². The normalized spacial score (nSPS) is 9.67. The van der Waals surface area contributed by atoms with Crippen molar-refractivity contribution in [2.45, 2.75) is 20.3 Å². The van der Waals surface area contributed by atoms with Gasteiger partial charge in [-0.15, -0.1) is 0 Å². The van der Waals surface area contributed by atoms with Gasteiger partial charge in [0.05, 0.1) is 0 Å². The van der Waals surface area contributed by atoms with Crippen LogP contribution in [0.3, 0.4) is 0 Å². The van der Waals surface area contributed by atoms with Crippen molar-refractivity contribution in [2.24, 2.45) is 0 Å². The molecule has 0 bridgehead atoms. The first-order chi connectivity index (χ1) is 8.65. The van der Waals surface area contributed by atoms with E-state index in [9.17, 15) is 9.59 Å². The molecule has 0 aromatic heterocycles. The Bertz CT molecular complexity index is 418. The lowest BCUT2D eigenvalue weighted by molar-refractivity contribution is -0.146. The molecule has 0 radical (unpaired) electrons. The van der Waals surface area contributed by atoms with Gasteiger partial charge in [-0.3, -0.25) is 9.59 Å². The fourth-order valence-corrected chi connectivity index (χ4v) is 1.36. The van der Waals surface area contributed by atoms with Crippen LogP contribution in [0.5, 0.6) is 0 Å². The second-order valence-electron chi connectivity index (χ2n) is 3.67. The summed E-state index contributed by atoms with van der Waals surface area (Å²) in [6.07, 6.45) is 0.267. The summed E-state index contributed by atoms with van der Waals surface area (Å²) in [5, 5.41) is 5.81. The fraction of sp³-hybridized carbons (Fsp3) is 0.385. The predicted octanol–water partition coefficient (Wildman–Crippen LogP) is 2.01. The number of nitrogens with one attached hydrogen (secondary N) is 2. The molecular formula is C13H18N2O3. The summed E-state index contributed by atoms with van der Waals surface area (Å²) in [5.41, 5.74) is 1.60. The zero-order valence-corrected chi connectivity index (χ0v) is 10.7. The van der Waals surface area contributed by atoms with Gasteiger partial charge in [0, 0.05) is 24.3 Å². The Morgan fingerprint density at radius 3 is 2.61 bits per heavy atom. The van der Waals surface area contributed by atoms with Crippen LogP contribution in [0.4, 0.5) is 11.4 Å². The third kappa shape index (κ3) is 4.86. The van der Waals surface area contributed by atoms with E-state index < -0.39 is 0 Å². The SMILES string of the molecule is CCNc1cccc(NC(=O)COC(=O)CC)c1. The van der Waals surface area contributed by atoms with Crippen molar-refractivity contribution in [3.8, 4) is 0 Å². The second kappa shape index (κ2) is 7.32. The minimum Gasteiger partial charge on any atom is -0.456 e. The fourth-order valence-electron chi connectivity index (χ4n) is 1.36. The molecular weight excluding hydrogens is 232 g/mol. The number of anilines is 2. The molecule has 1 amide bonds. The molecule has 98 valence electrons. The summed E-state index contributed by atoms with van der Waals surface area (Å²) in [6, 6.07) is 7.35. The number of amides is 1. The van der Waals surface area contributed by atoms with Gasteiger partial charge in [0.2, 0.25) is 0 Å². The lowest BCUT2D eigenvalue weighted by atomic mass is 10.2. The van der Waals surface area contributed by atoms with Gasteiger partial charge < -0.3 is 15.4 Å². The Hall–Kier alpha value is -2.04. The van der Waals surface area contributed by atoms with E-state index >= 15 is 0 Å². The van der Waals surface area contributed by atoms with Crippen molar-refractivity contribution in [1.29, 1.82) is 0 Å². The Labute approximate surface area is 107 Å². The summed E-state index contributed by atoms with van der Waals surface area (Å²) >= 11 is 0. The summed E-state index contributed by atoms with van der Waals surface area (Å²) in [5.74, 6) is -0.725. The Balaban J connectivity index is 2.48. The van der Waals surface area contributed by atoms with E-state index in [1.807, 2.05) is 25.1 Å². The highest BCUT2D eigenvalue weighted by Crippen LogP contribution is 2.14. The standard InChI is InChI=1S/C13H18N2O3/c1-3-13(17)18-9-12(16)15-11-7-5-6-10(8-11)14-4-2/h5-8,14H,3-4,9H2,1-2H3,(H,15,16). The molecule has 2 N–H and O–H groups in total. The lowest BCUT2D eigenvalue weighted by Gasteiger charge is -2.08. The molecule has 0 aliphatic carbocycles. The number of hydrogen-bond donors (Lipinski definition) is 2. The maximum absolute atomic E-state index is 11.5. The first kappa shape index (κ1) is 14.0. The molecule has 0 heterocycles. The minimum atomic E-state index is -0.383. The van der Waals surface area contributed by atoms with Crippen LogP contribution in [-0.4, -0.2) is 25.0 Å². The van der Waals surface area contributed by atoms with Gasteiger partial charge in [-0.2, -0.15) is 0 Å². The van der Waals surface area contributed by atoms with E-state index in [-0.39, 0.29) is 24.9 Å². The highest BCUT2D eigenvalue weighted by molar-refractivity contribution is 5.93. The second-order valence-corrected chi connectivity index (χ2v) is 3.67. The van der Waals surface area contributed by atoms with Gasteiger partial charge in [0.1, 0.15) is 0 Å². The number of rotatable bonds is 6. The molecule has 0 unspecified atom stereocenters. The van der Waals surface area contributed by atoms with Crippen LogP contribution in [0.2, 0.25) is 0 Å². The van der Waals surface area contributed by atoms with Crippen LogP contribution in [0.1, 0.15) is 20.3 Å². The van der Waals surface area contributed by atoms with Crippen molar-refractivity contribution in [3.05, 3.63) is 24.3 Å². The molecule has 0 fully saturated rings. The summed E-state index contributed by atoms with van der Waals surface area (Å²) < 4.78 is 4.74. The molecule has 1 aromatic carbocycles. The van der Waals surface area contributed by atoms with Crippen LogP contribution >= 0.6 is 0 Å². The smallest absolute Gasteiger partial charge is 0.306 e. The van der Waals surface area contributed by atoms with Gasteiger partial charge in [0.25, 0.3) is 5.91 Å². The van der Waals surface area contributed by atoms with E-state index in [1.54, 1.807) is 13.0 Å². The maximum atomic E-state index is 11.5. The highest BCUT2D eigenvalue weighted by Gasteiger charge is 2.06. The minimum absolute atomic E-state index is 0.252. The average Bonchev–Trinajstić information content (AvgIpc) is 2.37. The summed E-state index contributed by atoms with van der Waals surface area (Å²) in [6.45, 7) is 4.24. The maximum Gasteiger partial charge on any atom is 0.306 e.